The molecule has 0 saturated carbocycles. The summed E-state index contributed by atoms with van der Waals surface area (Å²) in [5.41, 5.74) is -0.924. The van der Waals surface area contributed by atoms with Crippen molar-refractivity contribution in [2.75, 3.05) is 20.2 Å². The number of methoxy groups -OCH3 is 1. The number of nitrogens with one attached hydrogen (secondary N) is 1. The molecule has 11 heteroatoms. The second-order valence-electron chi connectivity index (χ2n) is 8.95. The molecule has 1 heterocycles. The lowest BCUT2D eigenvalue weighted by molar-refractivity contribution is -0.143. The fourth-order valence-electron chi connectivity index (χ4n) is 3.73. The predicted molar refractivity (Wildman–Crippen MR) is 150 cm³/mol. The number of hydrogen-bond donors (Lipinski definition) is 1. The Hall–Kier alpha value is -3.60. The van der Waals surface area contributed by atoms with Crippen LogP contribution in [0.4, 0.5) is 26.3 Å². The SMILES string of the molecule is CC=C1CN=C(NCCc2ccccc2)S1.COc1cc(C)ccc1OCc1ccc(C(F)(F)F)cc1C(F)(F)F. The molecule has 220 valence electrons. The van der Waals surface area contributed by atoms with E-state index >= 15 is 0 Å². The maximum atomic E-state index is 13.1. The number of thioether (sulfide) groups is 1. The van der Waals surface area contributed by atoms with Gasteiger partial charge in [0.05, 0.1) is 24.8 Å². The van der Waals surface area contributed by atoms with Gasteiger partial charge >= 0.3 is 12.4 Å². The fourth-order valence-corrected chi connectivity index (χ4v) is 4.53. The zero-order valence-electron chi connectivity index (χ0n) is 22.7. The van der Waals surface area contributed by atoms with Gasteiger partial charge < -0.3 is 14.8 Å². The van der Waals surface area contributed by atoms with Gasteiger partial charge in [0, 0.05) is 17.0 Å². The molecular weight excluding hydrogens is 566 g/mol. The lowest BCUT2D eigenvalue weighted by Crippen LogP contribution is -2.21. The van der Waals surface area contributed by atoms with E-state index in [9.17, 15) is 26.3 Å². The molecule has 41 heavy (non-hydrogen) atoms. The second kappa shape index (κ2) is 14.3. The van der Waals surface area contributed by atoms with Gasteiger partial charge in [0.2, 0.25) is 0 Å². The Kier molecular flexibility index (Phi) is 11.2. The molecule has 1 aliphatic rings. The van der Waals surface area contributed by atoms with E-state index in [1.54, 1.807) is 30.8 Å². The Bertz CT molecular complexity index is 1360. The highest BCUT2D eigenvalue weighted by molar-refractivity contribution is 8.17. The first-order chi connectivity index (χ1) is 19.4. The van der Waals surface area contributed by atoms with E-state index in [1.165, 1.54) is 23.6 Å². The lowest BCUT2D eigenvalue weighted by Gasteiger charge is -2.17. The molecule has 0 aliphatic carbocycles. The second-order valence-corrected chi connectivity index (χ2v) is 10.1. The average molecular weight is 597 g/mol. The molecule has 0 saturated heterocycles. The first kappa shape index (κ1) is 31.9. The zero-order valence-corrected chi connectivity index (χ0v) is 23.5. The van der Waals surface area contributed by atoms with Crippen LogP contribution in [0.2, 0.25) is 0 Å². The normalized spacial score (nSPS) is 14.3. The molecule has 0 unspecified atom stereocenters. The highest BCUT2D eigenvalue weighted by Gasteiger charge is 2.38. The average Bonchev–Trinajstić information content (AvgIpc) is 3.40. The van der Waals surface area contributed by atoms with Crippen LogP contribution in [0.25, 0.3) is 0 Å². The van der Waals surface area contributed by atoms with Crippen molar-refractivity contribution >= 4 is 16.9 Å². The minimum Gasteiger partial charge on any atom is -0.493 e. The molecule has 0 atom stereocenters. The Morgan fingerprint density at radius 3 is 2.27 bits per heavy atom. The molecular formula is C30H30F6N2O2S. The number of halogens is 6. The van der Waals surface area contributed by atoms with E-state index in [4.69, 9.17) is 9.47 Å². The Morgan fingerprint density at radius 2 is 1.66 bits per heavy atom. The maximum absolute atomic E-state index is 13.1. The zero-order chi connectivity index (χ0) is 30.0. The largest absolute Gasteiger partial charge is 0.493 e. The van der Waals surface area contributed by atoms with Gasteiger partial charge in [-0.15, -0.1) is 0 Å². The number of rotatable bonds is 7. The van der Waals surface area contributed by atoms with Crippen molar-refractivity contribution in [3.05, 3.63) is 106 Å². The van der Waals surface area contributed by atoms with E-state index in [0.29, 0.717) is 11.8 Å². The van der Waals surface area contributed by atoms with Gasteiger partial charge in [-0.3, -0.25) is 4.99 Å². The topological polar surface area (TPSA) is 42.9 Å². The number of aryl methyl sites for hydroxylation is 1. The number of hydrogen-bond acceptors (Lipinski definition) is 5. The van der Waals surface area contributed by atoms with E-state index in [1.807, 2.05) is 6.07 Å². The van der Waals surface area contributed by atoms with Crippen LogP contribution in [-0.2, 0) is 25.4 Å². The van der Waals surface area contributed by atoms with Crippen LogP contribution in [0.15, 0.2) is 82.7 Å². The molecule has 3 aromatic rings. The van der Waals surface area contributed by atoms with Gasteiger partial charge in [-0.1, -0.05) is 60.3 Å². The monoisotopic (exact) mass is 596 g/mol. The minimum atomic E-state index is -4.93. The lowest BCUT2D eigenvalue weighted by atomic mass is 10.0. The number of aliphatic imine (C=N–C) groups is 1. The first-order valence-corrected chi connectivity index (χ1v) is 13.4. The van der Waals surface area contributed by atoms with E-state index < -0.39 is 35.6 Å². The molecule has 0 bridgehead atoms. The Balaban J connectivity index is 0.000000248. The smallest absolute Gasteiger partial charge is 0.416 e. The van der Waals surface area contributed by atoms with Crippen LogP contribution in [-0.4, -0.2) is 25.4 Å². The van der Waals surface area contributed by atoms with Crippen LogP contribution in [0, 0.1) is 6.92 Å². The molecule has 0 spiro atoms. The third-order valence-corrected chi connectivity index (χ3v) is 7.00. The van der Waals surface area contributed by atoms with Gasteiger partial charge in [0.25, 0.3) is 0 Å². The highest BCUT2D eigenvalue weighted by atomic mass is 32.2. The summed E-state index contributed by atoms with van der Waals surface area (Å²) >= 11 is 1.75. The van der Waals surface area contributed by atoms with Crippen LogP contribution in [0.1, 0.15) is 34.7 Å². The van der Waals surface area contributed by atoms with Crippen molar-refractivity contribution < 1.29 is 35.8 Å². The molecule has 0 radical (unpaired) electrons. The van der Waals surface area contributed by atoms with Crippen molar-refractivity contribution in [2.45, 2.75) is 39.2 Å². The minimum absolute atomic E-state index is 0.0884. The summed E-state index contributed by atoms with van der Waals surface area (Å²) in [7, 11) is 1.38. The molecule has 4 rings (SSSR count). The highest BCUT2D eigenvalue weighted by Crippen LogP contribution is 2.38. The number of amidine groups is 1. The van der Waals surface area contributed by atoms with E-state index in [2.05, 4.69) is 47.6 Å². The third-order valence-electron chi connectivity index (χ3n) is 5.91. The summed E-state index contributed by atoms with van der Waals surface area (Å²) in [4.78, 5) is 5.75. The van der Waals surface area contributed by atoms with Crippen molar-refractivity contribution in [3.63, 3.8) is 0 Å². The van der Waals surface area contributed by atoms with Crippen LogP contribution < -0.4 is 14.8 Å². The quantitative estimate of drug-likeness (QED) is 0.278. The van der Waals surface area contributed by atoms with Gasteiger partial charge in [0.15, 0.2) is 16.7 Å². The predicted octanol–water partition coefficient (Wildman–Crippen LogP) is 8.45. The standard InChI is InChI=1S/C17H14F6O2.C13H16N2S/c1-10-3-6-14(15(7-10)24-2)25-9-11-4-5-12(16(18,19)20)8-13(11)17(21,22)23;1-2-12-10-15-13(16-12)14-9-8-11-6-4-3-5-7-11/h3-8H,9H2,1-2H3;2-7H,8-10H2,1H3,(H,14,15). The Labute approximate surface area is 239 Å². The number of allylic oxidation sites excluding steroid dienone is 1. The Morgan fingerprint density at radius 1 is 0.927 bits per heavy atom. The number of alkyl halides is 6. The number of ether oxygens (including phenoxy) is 2. The van der Waals surface area contributed by atoms with Crippen LogP contribution >= 0.6 is 11.8 Å². The van der Waals surface area contributed by atoms with Gasteiger partial charge in [0.1, 0.15) is 6.61 Å². The summed E-state index contributed by atoms with van der Waals surface area (Å²) in [5, 5.41) is 4.43. The number of benzene rings is 3. The maximum Gasteiger partial charge on any atom is 0.416 e. The van der Waals surface area contributed by atoms with E-state index in [0.717, 1.165) is 36.3 Å². The first-order valence-electron chi connectivity index (χ1n) is 12.6. The molecule has 0 aromatic heterocycles. The summed E-state index contributed by atoms with van der Waals surface area (Å²) < 4.78 is 87.7. The summed E-state index contributed by atoms with van der Waals surface area (Å²) in [6.45, 7) is 5.10. The van der Waals surface area contributed by atoms with E-state index in [-0.39, 0.29) is 11.8 Å². The molecule has 0 fully saturated rings. The third kappa shape index (κ3) is 9.77. The fraction of sp³-hybridized carbons (Fsp3) is 0.300. The molecule has 3 aromatic carbocycles. The summed E-state index contributed by atoms with van der Waals surface area (Å²) in [6, 6.07) is 16.8. The van der Waals surface area contributed by atoms with Crippen molar-refractivity contribution in [2.24, 2.45) is 4.99 Å². The van der Waals surface area contributed by atoms with Gasteiger partial charge in [-0.2, -0.15) is 26.3 Å². The summed E-state index contributed by atoms with van der Waals surface area (Å²) in [5.74, 6) is 0.515. The molecule has 1 aliphatic heterocycles. The van der Waals surface area contributed by atoms with Crippen LogP contribution in [0.3, 0.4) is 0 Å². The molecule has 1 N–H and O–H groups in total. The number of nitrogens with zero attached hydrogens (tertiary/aromatic N) is 1. The van der Waals surface area contributed by atoms with Crippen molar-refractivity contribution in [3.8, 4) is 11.5 Å². The van der Waals surface area contributed by atoms with Crippen LogP contribution in [0.5, 0.6) is 11.5 Å². The molecule has 0 amide bonds. The van der Waals surface area contributed by atoms with Gasteiger partial charge in [-0.25, -0.2) is 0 Å². The van der Waals surface area contributed by atoms with Gasteiger partial charge in [-0.05, 0) is 55.7 Å². The summed E-state index contributed by atoms with van der Waals surface area (Å²) in [6.07, 6.45) is -6.62. The molecule has 4 nitrogen and oxygen atoms in total. The van der Waals surface area contributed by atoms with Crippen molar-refractivity contribution in [1.29, 1.82) is 0 Å². The van der Waals surface area contributed by atoms with Crippen molar-refractivity contribution in [1.82, 2.24) is 5.32 Å².